The molecule has 8 nitrogen and oxygen atoms in total. The summed E-state index contributed by atoms with van der Waals surface area (Å²) in [6.07, 6.45) is -1.27. The molecule has 0 spiro atoms. The Bertz CT molecular complexity index is 404. The van der Waals surface area contributed by atoms with Gasteiger partial charge in [0.25, 0.3) is 0 Å². The number of esters is 1. The predicted molar refractivity (Wildman–Crippen MR) is 81.1 cm³/mol. The molecule has 0 saturated heterocycles. The van der Waals surface area contributed by atoms with E-state index in [1.165, 1.54) is 14.0 Å². The van der Waals surface area contributed by atoms with Gasteiger partial charge in [0.15, 0.2) is 0 Å². The average molecular weight is 317 g/mol. The maximum absolute atomic E-state index is 11.8. The van der Waals surface area contributed by atoms with E-state index < -0.39 is 35.9 Å². The Morgan fingerprint density at radius 1 is 0.955 bits per heavy atom. The molecule has 0 aromatic rings. The van der Waals surface area contributed by atoms with Crippen LogP contribution in [0.5, 0.6) is 0 Å². The summed E-state index contributed by atoms with van der Waals surface area (Å²) in [5.41, 5.74) is -0.632. The van der Waals surface area contributed by atoms with Crippen LogP contribution in [0.3, 0.4) is 0 Å². The van der Waals surface area contributed by atoms with Crippen molar-refractivity contribution >= 4 is 18.1 Å². The van der Waals surface area contributed by atoms with Crippen LogP contribution in [0.2, 0.25) is 0 Å². The number of ether oxygens (including phenoxy) is 2. The van der Waals surface area contributed by atoms with E-state index in [1.54, 1.807) is 20.8 Å². The van der Waals surface area contributed by atoms with Crippen molar-refractivity contribution in [1.82, 2.24) is 16.0 Å². The number of methoxy groups -OCH3 is 1. The SMILES string of the molecule is COC(=O)[C@H](C)NC(=O)N[C@@H](NC(=O)OC(C)(C)C)C(C)C. The summed E-state index contributed by atoms with van der Waals surface area (Å²) < 4.78 is 9.65. The molecule has 0 aliphatic carbocycles. The maximum Gasteiger partial charge on any atom is 0.409 e. The summed E-state index contributed by atoms with van der Waals surface area (Å²) in [4.78, 5) is 34.8. The summed E-state index contributed by atoms with van der Waals surface area (Å²) in [6.45, 7) is 10.4. The zero-order valence-electron chi connectivity index (χ0n) is 14.3. The lowest BCUT2D eigenvalue weighted by Crippen LogP contribution is -2.56. The number of carbonyl (C=O) groups is 3. The van der Waals surface area contributed by atoms with E-state index in [0.29, 0.717) is 0 Å². The number of amides is 3. The molecule has 128 valence electrons. The molecule has 0 saturated carbocycles. The van der Waals surface area contributed by atoms with Crippen LogP contribution in [-0.2, 0) is 14.3 Å². The van der Waals surface area contributed by atoms with Gasteiger partial charge in [0.1, 0.15) is 17.8 Å². The highest BCUT2D eigenvalue weighted by atomic mass is 16.6. The maximum atomic E-state index is 11.8. The van der Waals surface area contributed by atoms with Gasteiger partial charge in [0.2, 0.25) is 0 Å². The Morgan fingerprint density at radius 2 is 1.50 bits per heavy atom. The van der Waals surface area contributed by atoms with Crippen molar-refractivity contribution in [2.45, 2.75) is 59.4 Å². The lowest BCUT2D eigenvalue weighted by atomic mass is 10.1. The van der Waals surface area contributed by atoms with E-state index in [-0.39, 0.29) is 5.92 Å². The van der Waals surface area contributed by atoms with Crippen LogP contribution in [-0.4, -0.2) is 43.0 Å². The fourth-order valence-corrected chi connectivity index (χ4v) is 1.42. The van der Waals surface area contributed by atoms with Crippen molar-refractivity contribution in [2.24, 2.45) is 5.92 Å². The van der Waals surface area contributed by atoms with E-state index in [4.69, 9.17) is 4.74 Å². The van der Waals surface area contributed by atoms with E-state index in [0.717, 1.165) is 0 Å². The highest BCUT2D eigenvalue weighted by Gasteiger charge is 2.24. The smallest absolute Gasteiger partial charge is 0.409 e. The molecular formula is C14H27N3O5. The van der Waals surface area contributed by atoms with Gasteiger partial charge in [-0.05, 0) is 33.6 Å². The first kappa shape index (κ1) is 20.0. The van der Waals surface area contributed by atoms with Gasteiger partial charge >= 0.3 is 18.1 Å². The molecule has 0 rings (SSSR count). The highest BCUT2D eigenvalue weighted by Crippen LogP contribution is 2.07. The summed E-state index contributed by atoms with van der Waals surface area (Å²) in [5.74, 6) is -0.636. The van der Waals surface area contributed by atoms with E-state index >= 15 is 0 Å². The molecule has 0 radical (unpaired) electrons. The molecule has 2 atom stereocenters. The van der Waals surface area contributed by atoms with Gasteiger partial charge in [-0.3, -0.25) is 0 Å². The number of urea groups is 1. The lowest BCUT2D eigenvalue weighted by molar-refractivity contribution is -0.142. The second-order valence-electron chi connectivity index (χ2n) is 6.23. The van der Waals surface area contributed by atoms with E-state index in [9.17, 15) is 14.4 Å². The fourth-order valence-electron chi connectivity index (χ4n) is 1.42. The Balaban J connectivity index is 4.56. The van der Waals surface area contributed by atoms with E-state index in [2.05, 4.69) is 20.7 Å². The van der Waals surface area contributed by atoms with Crippen molar-refractivity contribution in [1.29, 1.82) is 0 Å². The highest BCUT2D eigenvalue weighted by molar-refractivity contribution is 5.83. The van der Waals surface area contributed by atoms with Crippen LogP contribution in [0.15, 0.2) is 0 Å². The average Bonchev–Trinajstić information content (AvgIpc) is 2.34. The number of hydrogen-bond donors (Lipinski definition) is 3. The largest absolute Gasteiger partial charge is 0.467 e. The topological polar surface area (TPSA) is 106 Å². The number of hydrogen-bond acceptors (Lipinski definition) is 5. The van der Waals surface area contributed by atoms with Gasteiger partial charge in [-0.15, -0.1) is 0 Å². The van der Waals surface area contributed by atoms with Crippen LogP contribution in [0, 0.1) is 5.92 Å². The van der Waals surface area contributed by atoms with Gasteiger partial charge in [-0.2, -0.15) is 0 Å². The quantitative estimate of drug-likeness (QED) is 0.524. The van der Waals surface area contributed by atoms with Gasteiger partial charge in [-0.1, -0.05) is 13.8 Å². The minimum atomic E-state index is -0.792. The second-order valence-corrected chi connectivity index (χ2v) is 6.23. The van der Waals surface area contributed by atoms with Crippen molar-refractivity contribution in [3.63, 3.8) is 0 Å². The van der Waals surface area contributed by atoms with Gasteiger partial charge < -0.3 is 25.4 Å². The number of rotatable bonds is 5. The molecule has 0 aromatic heterocycles. The normalized spacial score (nSPS) is 13.8. The molecule has 22 heavy (non-hydrogen) atoms. The zero-order valence-corrected chi connectivity index (χ0v) is 14.3. The standard InChI is InChI=1S/C14H27N3O5/c1-8(2)10(17-13(20)22-14(4,5)6)16-12(19)15-9(3)11(18)21-7/h8-10H,1-7H3,(H,17,20)(H2,15,16,19)/t9-,10-/m0/s1. The van der Waals surface area contributed by atoms with Crippen molar-refractivity contribution in [2.75, 3.05) is 7.11 Å². The third-order valence-electron chi connectivity index (χ3n) is 2.53. The molecule has 0 aliphatic heterocycles. The molecule has 0 fully saturated rings. The molecule has 3 amide bonds. The second kappa shape index (κ2) is 8.45. The van der Waals surface area contributed by atoms with Crippen LogP contribution in [0.25, 0.3) is 0 Å². The zero-order chi connectivity index (χ0) is 17.5. The molecular weight excluding hydrogens is 290 g/mol. The number of nitrogens with one attached hydrogen (secondary N) is 3. The summed E-state index contributed by atoms with van der Waals surface area (Å²) >= 11 is 0. The minimum absolute atomic E-state index is 0.0771. The van der Waals surface area contributed by atoms with Crippen molar-refractivity contribution in [3.05, 3.63) is 0 Å². The summed E-state index contributed by atoms with van der Waals surface area (Å²) in [7, 11) is 1.24. The molecule has 0 unspecified atom stereocenters. The third kappa shape index (κ3) is 8.33. The van der Waals surface area contributed by atoms with Crippen LogP contribution in [0.4, 0.5) is 9.59 Å². The van der Waals surface area contributed by atoms with Gasteiger partial charge in [0, 0.05) is 0 Å². The Hall–Kier alpha value is -1.99. The predicted octanol–water partition coefficient (Wildman–Crippen LogP) is 1.35. The first-order valence-electron chi connectivity index (χ1n) is 7.10. The van der Waals surface area contributed by atoms with E-state index in [1.807, 2.05) is 13.8 Å². The van der Waals surface area contributed by atoms with Crippen LogP contribution in [0.1, 0.15) is 41.5 Å². The summed E-state index contributed by atoms with van der Waals surface area (Å²) in [6, 6.07) is -1.38. The molecule has 0 aliphatic rings. The van der Waals surface area contributed by atoms with Crippen LogP contribution >= 0.6 is 0 Å². The summed E-state index contributed by atoms with van der Waals surface area (Å²) in [5, 5.41) is 7.57. The lowest BCUT2D eigenvalue weighted by Gasteiger charge is -2.26. The monoisotopic (exact) mass is 317 g/mol. The third-order valence-corrected chi connectivity index (χ3v) is 2.53. The first-order chi connectivity index (χ1) is 9.96. The Morgan fingerprint density at radius 3 is 1.91 bits per heavy atom. The molecule has 0 heterocycles. The van der Waals surface area contributed by atoms with Crippen molar-refractivity contribution < 1.29 is 23.9 Å². The molecule has 0 bridgehead atoms. The molecule has 3 N–H and O–H groups in total. The Kier molecular flexibility index (Phi) is 7.69. The first-order valence-corrected chi connectivity index (χ1v) is 7.10. The van der Waals surface area contributed by atoms with Gasteiger partial charge in [-0.25, -0.2) is 14.4 Å². The fraction of sp³-hybridized carbons (Fsp3) is 0.786. The molecule has 8 heteroatoms. The van der Waals surface area contributed by atoms with Gasteiger partial charge in [0.05, 0.1) is 7.11 Å². The van der Waals surface area contributed by atoms with Crippen LogP contribution < -0.4 is 16.0 Å². The Labute approximate surface area is 131 Å². The molecule has 0 aromatic carbocycles. The number of alkyl carbamates (subject to hydrolysis) is 1. The van der Waals surface area contributed by atoms with Crippen molar-refractivity contribution in [3.8, 4) is 0 Å². The minimum Gasteiger partial charge on any atom is -0.467 e. The number of carbonyl (C=O) groups excluding carboxylic acids is 3.